The maximum Gasteiger partial charge on any atom is 0.338 e. The molecule has 0 heterocycles. The van der Waals surface area contributed by atoms with Crippen LogP contribution < -0.4 is 11.1 Å². The largest absolute Gasteiger partial charge is 0.448 e. The minimum absolute atomic E-state index is 0.134. The molecule has 0 aliphatic carbocycles. The van der Waals surface area contributed by atoms with Crippen LogP contribution in [0.4, 0.5) is 4.79 Å². The van der Waals surface area contributed by atoms with Gasteiger partial charge in [-0.1, -0.05) is 26.0 Å². The summed E-state index contributed by atoms with van der Waals surface area (Å²) in [5, 5.41) is 10.8. The lowest BCUT2D eigenvalue weighted by molar-refractivity contribution is -0.130. The fraction of sp³-hybridized carbons (Fsp3) is 0.357. The van der Waals surface area contributed by atoms with E-state index in [2.05, 4.69) is 0 Å². The number of aliphatic hydroxyl groups is 1. The van der Waals surface area contributed by atoms with E-state index in [4.69, 9.17) is 15.6 Å². The second kappa shape index (κ2) is 7.39. The Bertz CT molecular complexity index is 525. The molecule has 0 bridgehead atoms. The summed E-state index contributed by atoms with van der Waals surface area (Å²) in [5.74, 6) is -1.79. The first-order valence-corrected chi connectivity index (χ1v) is 6.36. The molecule has 3 amide bonds. The number of hydrogen-bond acceptors (Lipinski definition) is 5. The molecule has 1 aromatic rings. The van der Waals surface area contributed by atoms with Crippen LogP contribution in [-0.2, 0) is 16.1 Å². The number of nitrogens with two attached hydrogens (primary N) is 1. The number of nitrogens with one attached hydrogen (secondary N) is 1. The van der Waals surface area contributed by atoms with Gasteiger partial charge in [0, 0.05) is 0 Å². The summed E-state index contributed by atoms with van der Waals surface area (Å²) in [7, 11) is 0. The van der Waals surface area contributed by atoms with E-state index in [1.165, 1.54) is 12.1 Å². The van der Waals surface area contributed by atoms with E-state index < -0.39 is 24.0 Å². The monoisotopic (exact) mass is 294 g/mol. The molecule has 7 heteroatoms. The van der Waals surface area contributed by atoms with Crippen molar-refractivity contribution in [2.24, 2.45) is 11.7 Å². The predicted molar refractivity (Wildman–Crippen MR) is 74.1 cm³/mol. The van der Waals surface area contributed by atoms with E-state index in [9.17, 15) is 14.4 Å². The number of primary amides is 1. The van der Waals surface area contributed by atoms with Crippen LogP contribution in [0.25, 0.3) is 0 Å². The van der Waals surface area contributed by atoms with Crippen LogP contribution in [0.15, 0.2) is 24.3 Å². The van der Waals surface area contributed by atoms with E-state index in [-0.39, 0.29) is 18.1 Å². The van der Waals surface area contributed by atoms with E-state index in [0.717, 1.165) is 0 Å². The number of imide groups is 1. The van der Waals surface area contributed by atoms with E-state index in [0.29, 0.717) is 5.56 Å². The van der Waals surface area contributed by atoms with E-state index in [1.54, 1.807) is 26.0 Å². The smallest absolute Gasteiger partial charge is 0.338 e. The van der Waals surface area contributed by atoms with Gasteiger partial charge in [-0.2, -0.15) is 0 Å². The molecule has 0 aliphatic heterocycles. The highest BCUT2D eigenvalue weighted by atomic mass is 16.5. The maximum absolute atomic E-state index is 12.0. The number of benzene rings is 1. The maximum atomic E-state index is 12.0. The minimum Gasteiger partial charge on any atom is -0.448 e. The average molecular weight is 294 g/mol. The first-order valence-electron chi connectivity index (χ1n) is 6.36. The zero-order valence-electron chi connectivity index (χ0n) is 11.8. The van der Waals surface area contributed by atoms with Crippen molar-refractivity contribution in [1.82, 2.24) is 5.32 Å². The number of ether oxygens (including phenoxy) is 1. The van der Waals surface area contributed by atoms with Crippen LogP contribution >= 0.6 is 0 Å². The number of carbonyl (C=O) groups is 3. The summed E-state index contributed by atoms with van der Waals surface area (Å²) in [4.78, 5) is 34.4. The number of aliphatic hydroxyl groups excluding tert-OH is 1. The van der Waals surface area contributed by atoms with Crippen LogP contribution in [0, 0.1) is 5.92 Å². The molecule has 21 heavy (non-hydrogen) atoms. The Morgan fingerprint density at radius 1 is 1.24 bits per heavy atom. The Kier molecular flexibility index (Phi) is 5.86. The summed E-state index contributed by atoms with van der Waals surface area (Å²) < 4.78 is 5.11. The molecular formula is C14H18N2O5. The van der Waals surface area contributed by atoms with Crippen molar-refractivity contribution >= 4 is 17.9 Å². The van der Waals surface area contributed by atoms with Crippen LogP contribution in [0.1, 0.15) is 29.8 Å². The van der Waals surface area contributed by atoms with Gasteiger partial charge < -0.3 is 15.6 Å². The lowest BCUT2D eigenvalue weighted by atomic mass is 10.1. The van der Waals surface area contributed by atoms with Crippen molar-refractivity contribution in [2.45, 2.75) is 26.6 Å². The number of carbonyl (C=O) groups excluding carboxylic acids is 3. The van der Waals surface area contributed by atoms with Crippen molar-refractivity contribution in [3.63, 3.8) is 0 Å². The molecule has 0 saturated carbocycles. The van der Waals surface area contributed by atoms with Gasteiger partial charge in [-0.3, -0.25) is 10.1 Å². The SMILES string of the molecule is CC(C)C(OC(=O)c1ccc(CO)cc1)C(=O)NC(N)=O. The molecule has 0 fully saturated rings. The fourth-order valence-corrected chi connectivity index (χ4v) is 1.61. The van der Waals surface area contributed by atoms with Crippen LogP contribution in [0.2, 0.25) is 0 Å². The number of esters is 1. The highest BCUT2D eigenvalue weighted by Crippen LogP contribution is 2.12. The van der Waals surface area contributed by atoms with Gasteiger partial charge in [-0.15, -0.1) is 0 Å². The summed E-state index contributed by atoms with van der Waals surface area (Å²) in [5.41, 5.74) is 5.76. The Morgan fingerprint density at radius 2 is 1.81 bits per heavy atom. The third-order valence-corrected chi connectivity index (χ3v) is 2.72. The number of amides is 3. The second-order valence-corrected chi connectivity index (χ2v) is 4.78. The van der Waals surface area contributed by atoms with Crippen LogP contribution in [0.5, 0.6) is 0 Å². The predicted octanol–water partition coefficient (Wildman–Crippen LogP) is 0.555. The van der Waals surface area contributed by atoms with Gasteiger partial charge >= 0.3 is 12.0 Å². The molecule has 0 saturated heterocycles. The fourth-order valence-electron chi connectivity index (χ4n) is 1.61. The van der Waals surface area contributed by atoms with Gasteiger partial charge in [0.15, 0.2) is 6.10 Å². The molecule has 114 valence electrons. The summed E-state index contributed by atoms with van der Waals surface area (Å²) in [6, 6.07) is 5.11. The summed E-state index contributed by atoms with van der Waals surface area (Å²) in [6.45, 7) is 3.21. The van der Waals surface area contributed by atoms with Crippen LogP contribution in [-0.4, -0.2) is 29.1 Å². The average Bonchev–Trinajstić information content (AvgIpc) is 2.43. The Morgan fingerprint density at radius 3 is 2.24 bits per heavy atom. The third-order valence-electron chi connectivity index (χ3n) is 2.72. The van der Waals surface area contributed by atoms with Crippen molar-refractivity contribution in [3.05, 3.63) is 35.4 Å². The third kappa shape index (κ3) is 4.88. The first kappa shape index (κ1) is 16.6. The lowest BCUT2D eigenvalue weighted by Crippen LogP contribution is -2.45. The molecular weight excluding hydrogens is 276 g/mol. The van der Waals surface area contributed by atoms with Gasteiger partial charge in [-0.25, -0.2) is 9.59 Å². The van der Waals surface area contributed by atoms with Gasteiger partial charge in [0.25, 0.3) is 5.91 Å². The zero-order chi connectivity index (χ0) is 16.0. The number of rotatable bonds is 5. The van der Waals surface area contributed by atoms with E-state index >= 15 is 0 Å². The normalized spacial score (nSPS) is 11.8. The Labute approximate surface area is 122 Å². The summed E-state index contributed by atoms with van der Waals surface area (Å²) in [6.07, 6.45) is -1.12. The molecule has 0 aliphatic rings. The first-order chi connectivity index (χ1) is 9.85. The Hall–Kier alpha value is -2.41. The quantitative estimate of drug-likeness (QED) is 0.685. The van der Waals surface area contributed by atoms with Crippen molar-refractivity contribution in [2.75, 3.05) is 0 Å². The number of urea groups is 1. The Balaban J connectivity index is 2.80. The second-order valence-electron chi connectivity index (χ2n) is 4.78. The van der Waals surface area contributed by atoms with Gasteiger partial charge in [0.1, 0.15) is 0 Å². The molecule has 7 nitrogen and oxygen atoms in total. The van der Waals surface area contributed by atoms with Crippen molar-refractivity contribution in [1.29, 1.82) is 0 Å². The molecule has 0 aromatic heterocycles. The number of hydrogen-bond donors (Lipinski definition) is 3. The zero-order valence-corrected chi connectivity index (χ0v) is 11.8. The summed E-state index contributed by atoms with van der Waals surface area (Å²) >= 11 is 0. The molecule has 0 spiro atoms. The molecule has 1 atom stereocenters. The molecule has 0 radical (unpaired) electrons. The standard InChI is InChI=1S/C14H18N2O5/c1-8(2)11(12(18)16-14(15)20)21-13(19)10-5-3-9(7-17)4-6-10/h3-6,8,11,17H,7H2,1-2H3,(H3,15,16,18,20). The molecule has 1 rings (SSSR count). The van der Waals surface area contributed by atoms with E-state index in [1.807, 2.05) is 5.32 Å². The highest BCUT2D eigenvalue weighted by molar-refractivity contribution is 5.98. The van der Waals surface area contributed by atoms with Crippen molar-refractivity contribution < 1.29 is 24.2 Å². The topological polar surface area (TPSA) is 119 Å². The molecule has 1 aromatic carbocycles. The minimum atomic E-state index is -1.12. The van der Waals surface area contributed by atoms with Crippen LogP contribution in [0.3, 0.4) is 0 Å². The highest BCUT2D eigenvalue weighted by Gasteiger charge is 2.27. The van der Waals surface area contributed by atoms with Crippen molar-refractivity contribution in [3.8, 4) is 0 Å². The van der Waals surface area contributed by atoms with Gasteiger partial charge in [0.05, 0.1) is 12.2 Å². The van der Waals surface area contributed by atoms with Gasteiger partial charge in [-0.05, 0) is 23.6 Å². The lowest BCUT2D eigenvalue weighted by Gasteiger charge is -2.19. The van der Waals surface area contributed by atoms with Gasteiger partial charge in [0.2, 0.25) is 0 Å². The molecule has 1 unspecified atom stereocenters. The molecule has 4 N–H and O–H groups in total.